The van der Waals surface area contributed by atoms with Crippen LogP contribution in [0.15, 0.2) is 196 Å². The summed E-state index contributed by atoms with van der Waals surface area (Å²) < 4.78 is 76.6. The number of aromatic nitrogens is 12. The second kappa shape index (κ2) is 85.3. The summed E-state index contributed by atoms with van der Waals surface area (Å²) in [5, 5.41) is 41.7. The van der Waals surface area contributed by atoms with Gasteiger partial charge in [0.1, 0.15) is 80.8 Å². The van der Waals surface area contributed by atoms with Crippen LogP contribution in [0.25, 0.3) is 0 Å². The van der Waals surface area contributed by atoms with E-state index in [2.05, 4.69) is 81.2 Å². The molecule has 0 aliphatic carbocycles. The first-order chi connectivity index (χ1) is 58.6. The molecule has 6 aromatic heterocycles. The molecule has 0 saturated carbocycles. The number of carbonyl (C=O) groups is 2. The van der Waals surface area contributed by atoms with E-state index >= 15 is 0 Å². The van der Waals surface area contributed by atoms with E-state index in [1.165, 1.54) is 24.8 Å². The van der Waals surface area contributed by atoms with Gasteiger partial charge in [-0.2, -0.15) is 7.11 Å². The molecule has 0 radical (unpaired) electrons. The summed E-state index contributed by atoms with van der Waals surface area (Å²) in [7, 11) is 20.5. The number of rotatable bonds is 28. The monoisotopic (exact) mass is 1980 g/mol. The maximum Gasteiger partial charge on any atom is 1.00 e. The third-order valence-corrected chi connectivity index (χ3v) is 14.9. The SMILES string of the molecule is C.C.C.C.C.C.C.C.CC(C)(C)C(=O)OCc1ncc(O)cn1.CO.COCc1ncc(O)cn1.COCc1ncc(OCc2ccc(OC)cc2)cn1.COc1ccc(CCl)cc1.COc1ccc(COc2cnc(CCl)nc2)cc1.COc1ccc(COc2cnc(CO)nc2)cc1.COc1ccc(COc2cnc(COC(=O)C(C)(C)C)nc2)cc1.C[O-].O=S(Cl)Cl.[Na+].[Na+].[OH-]. The minimum atomic E-state index is -1.67. The van der Waals surface area contributed by atoms with Crippen LogP contribution in [0.5, 0.6) is 63.2 Å². The number of carbonyl (C=O) groups excluding carboxylic acids is 2. The Bertz CT molecular complexity index is 4380. The first kappa shape index (κ1) is 144. The zero-order valence-corrected chi connectivity index (χ0v) is 80.6. The first-order valence-corrected chi connectivity index (χ1v) is 40.1. The van der Waals surface area contributed by atoms with E-state index in [-0.39, 0.29) is 167 Å². The van der Waals surface area contributed by atoms with Gasteiger partial charge in [-0.05, 0) is 130 Å². The summed E-state index contributed by atoms with van der Waals surface area (Å²) in [6, 6.07) is 38.3. The Balaban J connectivity index is -0.000000164. The number of methoxy groups -OCH3 is 7. The number of hydrogen-bond donors (Lipinski definition) is 4. The second-order valence-corrected chi connectivity index (χ2v) is 28.6. The summed E-state index contributed by atoms with van der Waals surface area (Å²) in [5.74, 6) is 9.84. The summed E-state index contributed by atoms with van der Waals surface area (Å²) >= 11 is 11.2. The molecule has 0 unspecified atom stereocenters. The molecule has 34 nitrogen and oxygen atoms in total. The topological polar surface area (TPSA) is 460 Å². The number of ether oxygens (including phenoxy) is 13. The van der Waals surface area contributed by atoms with Crippen LogP contribution in [0.1, 0.15) is 164 Å². The molecule has 11 rings (SSSR count). The van der Waals surface area contributed by atoms with Gasteiger partial charge in [0.05, 0.1) is 127 Å². The Hall–Kier alpha value is -9.61. The summed E-state index contributed by atoms with van der Waals surface area (Å²) in [6.45, 7) is 13.2. The minimum Gasteiger partial charge on any atom is -0.870 e. The Kier molecular flexibility index (Phi) is 92.2. The van der Waals surface area contributed by atoms with Crippen LogP contribution in [0, 0.1) is 10.8 Å². The number of hydrogen-bond acceptors (Lipinski definition) is 34. The quantitative estimate of drug-likeness (QED) is 0.0153. The third kappa shape index (κ3) is 65.6. The van der Waals surface area contributed by atoms with Crippen LogP contribution in [0.2, 0.25) is 0 Å². The average Bonchev–Trinajstić information content (AvgIpc) is 0.908. The number of alkyl halides is 2. The summed E-state index contributed by atoms with van der Waals surface area (Å²) in [4.78, 5) is 70.7. The number of aromatic hydroxyl groups is 2. The number of benzene rings is 5. The van der Waals surface area contributed by atoms with Crippen LogP contribution in [-0.2, 0) is 109 Å². The Morgan fingerprint density at radius 1 is 0.323 bits per heavy atom. The largest absolute Gasteiger partial charge is 1.00 e. The predicted molar refractivity (Wildman–Crippen MR) is 512 cm³/mol. The van der Waals surface area contributed by atoms with Gasteiger partial charge in [0.25, 0.3) is 0 Å². The molecule has 0 atom stereocenters. The molecule has 0 fully saturated rings. The van der Waals surface area contributed by atoms with Gasteiger partial charge >= 0.3 is 71.1 Å². The normalized spacial score (nSPS) is 9.23. The summed E-state index contributed by atoms with van der Waals surface area (Å²) in [6.07, 6.45) is 17.9. The van der Waals surface area contributed by atoms with Gasteiger partial charge in [-0.3, -0.25) is 9.59 Å². The molecule has 41 heteroatoms. The molecule has 0 bridgehead atoms. The summed E-state index contributed by atoms with van der Waals surface area (Å²) in [5.41, 5.74) is 4.20. The molecule has 11 aromatic rings. The fourth-order valence-electron chi connectivity index (χ4n) is 8.03. The van der Waals surface area contributed by atoms with Crippen molar-refractivity contribution >= 4 is 65.7 Å². The van der Waals surface area contributed by atoms with E-state index in [4.69, 9.17) is 115 Å². The predicted octanol–water partition coefficient (Wildman–Crippen LogP) is 12.3. The molecule has 0 saturated heterocycles. The number of halogens is 4. The van der Waals surface area contributed by atoms with Crippen molar-refractivity contribution in [2.24, 2.45) is 10.8 Å². The molecule has 0 aliphatic rings. The van der Waals surface area contributed by atoms with Crippen LogP contribution in [-0.4, -0.2) is 166 Å². The average molecular weight is 1980 g/mol. The van der Waals surface area contributed by atoms with Gasteiger partial charge in [0.2, 0.25) is 9.23 Å². The maximum absolute atomic E-state index is 11.7. The van der Waals surface area contributed by atoms with Crippen molar-refractivity contribution in [3.8, 4) is 63.2 Å². The van der Waals surface area contributed by atoms with Gasteiger partial charge in [-0.25, -0.2) is 64.0 Å². The van der Waals surface area contributed by atoms with Crippen molar-refractivity contribution < 1.29 is 166 Å². The number of esters is 2. The fraction of sp³-hybridized carbons (Fsp3) is 0.391. The van der Waals surface area contributed by atoms with Gasteiger partial charge in [-0.15, -0.1) is 23.2 Å². The molecular formula is C92H136Cl4N12Na2O22S. The van der Waals surface area contributed by atoms with Gasteiger partial charge in [-0.1, -0.05) is 120 Å². The minimum absolute atomic E-state index is 0. The number of aliphatic hydroxyl groups excluding tert-OH is 2. The van der Waals surface area contributed by atoms with E-state index in [1.807, 2.05) is 121 Å². The van der Waals surface area contributed by atoms with Crippen molar-refractivity contribution in [2.45, 2.75) is 172 Å². The van der Waals surface area contributed by atoms with Crippen molar-refractivity contribution in [3.05, 3.63) is 258 Å². The van der Waals surface area contributed by atoms with Crippen LogP contribution >= 0.6 is 44.6 Å². The van der Waals surface area contributed by atoms with Crippen molar-refractivity contribution in [1.29, 1.82) is 0 Å². The molecule has 6 heterocycles. The Labute approximate surface area is 852 Å². The van der Waals surface area contributed by atoms with E-state index in [0.717, 1.165) is 70.8 Å². The molecule has 0 aliphatic heterocycles. The van der Waals surface area contributed by atoms with Crippen molar-refractivity contribution in [2.75, 3.05) is 64.0 Å². The van der Waals surface area contributed by atoms with Crippen LogP contribution in [0.3, 0.4) is 0 Å². The molecule has 5 aromatic carbocycles. The molecule has 0 amide bonds. The zero-order chi connectivity index (χ0) is 90.5. The van der Waals surface area contributed by atoms with Gasteiger partial charge in [0.15, 0.2) is 76.8 Å². The molecule has 732 valence electrons. The number of nitrogens with zero attached hydrogens (tertiary/aromatic N) is 12. The number of aliphatic hydroxyl groups is 2. The second-order valence-electron chi connectivity index (χ2n) is 25.6. The van der Waals surface area contributed by atoms with E-state index < -0.39 is 20.1 Å². The first-order valence-electron chi connectivity index (χ1n) is 36.2. The van der Waals surface area contributed by atoms with Crippen LogP contribution in [0.4, 0.5) is 0 Å². The smallest absolute Gasteiger partial charge is 0.870 e. The molecule has 5 N–H and O–H groups in total. The standard InChI is InChI=1S/C18H22N2O4.C14H16N2O3.C13H13ClN2O2.C13H14N2O3.C10H14N2O3.C8H9ClO.C6H8N2O2.CH4O.CH3O.8CH4.Cl2OS.2Na.H2O/c1-18(2,3)17(21)24-12-16-19-9-15(10-20-16)23-11-13-5-7-14(22-4)8-6-13;1-17-10-14-15-7-13(8-16-14)19-9-11-3-5-12(18-2)6-4-11;1-17-11-4-2-10(3-5-11)9-18-12-7-15-13(6-14)16-8-12;1-17-11-4-2-10(3-5-11)9-18-12-6-14-13(8-16)15-7-12;1-10(2,3)9(14)15-6-8-11-4-7(13)5-12-8;1-10-8-4-2-7(6-9)3-5-8;1-10-4-6-7-2-5(9)3-8-6;2*1-2;;;;;;;;;1-4(2)3;;;/h5-10H,11-12H2,1-4H3;3-8H,9-10H2,1-2H3;2-5,7-8H,6,9H2,1H3;2-7,16H,8-9H2,1H3;4-5,13H,6H2,1-3H3;2-5H,6H2,1H3;2-3,9H,4H2,1H3;2H,1H3;1H3;8*1H4;;;;1H2/q;;;;;;;;-1;;;;;;;;;;2*+1;/p-1. The van der Waals surface area contributed by atoms with Crippen LogP contribution < -0.4 is 107 Å². The van der Waals surface area contributed by atoms with Crippen molar-refractivity contribution in [3.63, 3.8) is 0 Å². The molecule has 0 spiro atoms. The maximum atomic E-state index is 11.7. The third-order valence-electron chi connectivity index (χ3n) is 14.4. The van der Waals surface area contributed by atoms with Gasteiger partial charge in [0, 0.05) is 48.6 Å². The Morgan fingerprint density at radius 2 is 0.511 bits per heavy atom. The fourth-order valence-corrected chi connectivity index (χ4v) is 8.35. The van der Waals surface area contributed by atoms with Gasteiger partial charge < -0.3 is 92.6 Å². The Morgan fingerprint density at radius 3 is 0.692 bits per heavy atom. The van der Waals surface area contributed by atoms with E-state index in [9.17, 15) is 9.59 Å². The van der Waals surface area contributed by atoms with Crippen molar-refractivity contribution in [1.82, 2.24) is 59.8 Å². The molecule has 133 heavy (non-hydrogen) atoms. The molecular weight excluding hydrogens is 1840 g/mol. The van der Waals surface area contributed by atoms with E-state index in [1.54, 1.807) is 141 Å². The zero-order valence-electron chi connectivity index (χ0n) is 72.7. The van der Waals surface area contributed by atoms with E-state index in [0.29, 0.717) is 109 Å².